The van der Waals surface area contributed by atoms with Crippen molar-refractivity contribution >= 4 is 10.3 Å². The molecule has 0 heterocycles. The number of benzene rings is 1. The summed E-state index contributed by atoms with van der Waals surface area (Å²) in [6.45, 7) is -0.00564. The Hall–Kier alpha value is -0.310. The van der Waals surface area contributed by atoms with Gasteiger partial charge in [0.15, 0.2) is 11.5 Å². The Morgan fingerprint density at radius 3 is 2.33 bits per heavy atom. The van der Waals surface area contributed by atoms with Crippen molar-refractivity contribution in [2.75, 3.05) is 20.8 Å². The van der Waals surface area contributed by atoms with Crippen LogP contribution >= 0.6 is 0 Å². The van der Waals surface area contributed by atoms with Crippen LogP contribution in [0.4, 0.5) is 0 Å². The zero-order valence-corrected chi connectivity index (χ0v) is 13.5. The van der Waals surface area contributed by atoms with Gasteiger partial charge < -0.3 is 10.9 Å². The Kier molecular flexibility index (Phi) is 7.84. The van der Waals surface area contributed by atoms with Crippen molar-refractivity contribution in [3.8, 4) is 11.5 Å². The van der Waals surface area contributed by atoms with E-state index < -0.39 is 10.3 Å². The molecule has 0 saturated heterocycles. The van der Waals surface area contributed by atoms with Crippen LogP contribution in [0.5, 0.6) is 11.5 Å². The van der Waals surface area contributed by atoms with Crippen molar-refractivity contribution in [2.24, 2.45) is 5.14 Å². The van der Waals surface area contributed by atoms with Gasteiger partial charge in [-0.3, -0.25) is 4.18 Å². The van der Waals surface area contributed by atoms with Gasteiger partial charge in [0.1, 0.15) is 0 Å². The predicted molar refractivity (Wildman–Crippen MR) is 63.4 cm³/mol. The fourth-order valence-electron chi connectivity index (χ4n) is 1.31. The average molecular weight is 285 g/mol. The van der Waals surface area contributed by atoms with Crippen LogP contribution in [-0.2, 0) is 20.9 Å². The molecule has 0 spiro atoms. The minimum absolute atomic E-state index is 0. The number of hydrogen-bond acceptors (Lipinski definition) is 5. The van der Waals surface area contributed by atoms with Crippen LogP contribution in [0.15, 0.2) is 18.2 Å². The molecule has 0 unspecified atom stereocenters. The van der Waals surface area contributed by atoms with Crippen molar-refractivity contribution in [1.82, 2.24) is 0 Å². The minimum Gasteiger partial charge on any atom is -1.00 e. The van der Waals surface area contributed by atoms with E-state index in [2.05, 4.69) is 4.18 Å². The van der Waals surface area contributed by atoms with Crippen LogP contribution < -0.4 is 44.2 Å². The standard InChI is InChI=1S/C10H15NO5S.Na.H/c1-14-9-4-3-8(7-10(9)15-2)5-6-16-17(11,12)13;;/h3-4,7H,5-6H2,1-2H3,(H2,11,12,13);;/q;+1;-1. The molecule has 0 aromatic heterocycles. The van der Waals surface area contributed by atoms with E-state index in [1.807, 2.05) is 0 Å². The summed E-state index contributed by atoms with van der Waals surface area (Å²) in [5.74, 6) is 1.20. The van der Waals surface area contributed by atoms with E-state index >= 15 is 0 Å². The number of hydrogen-bond donors (Lipinski definition) is 1. The topological polar surface area (TPSA) is 87.9 Å². The first-order valence-corrected chi connectivity index (χ1v) is 6.31. The molecule has 0 atom stereocenters. The molecule has 1 aromatic rings. The van der Waals surface area contributed by atoms with E-state index in [0.717, 1.165) is 5.56 Å². The van der Waals surface area contributed by atoms with E-state index in [4.69, 9.17) is 14.6 Å². The maximum atomic E-state index is 10.6. The molecule has 1 rings (SSSR count). The van der Waals surface area contributed by atoms with Crippen LogP contribution in [0.25, 0.3) is 0 Å². The minimum atomic E-state index is -3.88. The molecule has 0 saturated carbocycles. The first-order chi connectivity index (χ1) is 7.96. The normalized spacial score (nSPS) is 10.6. The van der Waals surface area contributed by atoms with E-state index in [1.165, 1.54) is 7.11 Å². The summed E-state index contributed by atoms with van der Waals surface area (Å²) in [5.41, 5.74) is 0.867. The Morgan fingerprint density at radius 1 is 1.22 bits per heavy atom. The molecule has 0 radical (unpaired) electrons. The van der Waals surface area contributed by atoms with Gasteiger partial charge in [-0.15, -0.1) is 0 Å². The second kappa shape index (κ2) is 7.98. The number of ether oxygens (including phenoxy) is 2. The summed E-state index contributed by atoms with van der Waals surface area (Å²) in [6.07, 6.45) is 0.413. The molecule has 0 fully saturated rings. The fourth-order valence-corrected chi connectivity index (χ4v) is 1.63. The third-order valence-electron chi connectivity index (χ3n) is 2.09. The fraction of sp³-hybridized carbons (Fsp3) is 0.400. The van der Waals surface area contributed by atoms with Gasteiger partial charge in [0.2, 0.25) is 0 Å². The van der Waals surface area contributed by atoms with Crippen molar-refractivity contribution in [3.05, 3.63) is 23.8 Å². The Bertz CT molecular complexity index is 483. The third-order valence-corrected chi connectivity index (χ3v) is 2.58. The molecule has 0 aliphatic rings. The second-order valence-electron chi connectivity index (χ2n) is 3.25. The molecule has 0 aliphatic carbocycles. The van der Waals surface area contributed by atoms with E-state index in [0.29, 0.717) is 17.9 Å². The van der Waals surface area contributed by atoms with Crippen molar-refractivity contribution in [1.29, 1.82) is 0 Å². The Morgan fingerprint density at radius 2 is 1.83 bits per heavy atom. The van der Waals surface area contributed by atoms with Gasteiger partial charge in [-0.2, -0.15) is 8.42 Å². The second-order valence-corrected chi connectivity index (χ2v) is 4.48. The van der Waals surface area contributed by atoms with Crippen LogP contribution in [-0.4, -0.2) is 29.2 Å². The van der Waals surface area contributed by atoms with Crippen LogP contribution in [0.3, 0.4) is 0 Å². The molecule has 1 aromatic carbocycles. The molecule has 0 bridgehead atoms. The first-order valence-electron chi connectivity index (χ1n) is 4.84. The van der Waals surface area contributed by atoms with Gasteiger partial charge in [0.25, 0.3) is 0 Å². The van der Waals surface area contributed by atoms with Gasteiger partial charge >= 0.3 is 39.9 Å². The van der Waals surface area contributed by atoms with Gasteiger partial charge in [0, 0.05) is 0 Å². The summed E-state index contributed by atoms with van der Waals surface area (Å²) in [5, 5.41) is 4.71. The number of methoxy groups -OCH3 is 2. The van der Waals surface area contributed by atoms with Gasteiger partial charge in [-0.05, 0) is 24.1 Å². The molecular weight excluding hydrogens is 269 g/mol. The third kappa shape index (κ3) is 6.03. The first kappa shape index (κ1) is 17.7. The number of rotatable bonds is 6. The quantitative estimate of drug-likeness (QED) is 0.588. The van der Waals surface area contributed by atoms with E-state index in [-0.39, 0.29) is 37.6 Å². The van der Waals surface area contributed by atoms with Gasteiger partial charge in [-0.25, -0.2) is 5.14 Å². The summed E-state index contributed by atoms with van der Waals surface area (Å²) in [7, 11) is -0.805. The van der Waals surface area contributed by atoms with Crippen LogP contribution in [0.2, 0.25) is 0 Å². The molecule has 98 valence electrons. The Balaban J connectivity index is 0. The van der Waals surface area contributed by atoms with Crippen LogP contribution in [0.1, 0.15) is 6.99 Å². The van der Waals surface area contributed by atoms with Crippen molar-refractivity contribution < 1.29 is 53.1 Å². The molecule has 2 N–H and O–H groups in total. The largest absolute Gasteiger partial charge is 1.00 e. The molecule has 0 amide bonds. The maximum Gasteiger partial charge on any atom is 1.00 e. The molecule has 18 heavy (non-hydrogen) atoms. The zero-order chi connectivity index (χ0) is 12.9. The van der Waals surface area contributed by atoms with E-state index in [1.54, 1.807) is 25.3 Å². The molecular formula is C10H16NNaO5S. The molecule has 0 aliphatic heterocycles. The Labute approximate surface area is 130 Å². The van der Waals surface area contributed by atoms with Crippen LogP contribution in [0, 0.1) is 0 Å². The summed E-state index contributed by atoms with van der Waals surface area (Å²) < 4.78 is 35.7. The molecule has 8 heteroatoms. The average Bonchev–Trinajstić information content (AvgIpc) is 2.27. The van der Waals surface area contributed by atoms with Crippen molar-refractivity contribution in [3.63, 3.8) is 0 Å². The van der Waals surface area contributed by atoms with Gasteiger partial charge in [0.05, 0.1) is 20.8 Å². The molecule has 6 nitrogen and oxygen atoms in total. The van der Waals surface area contributed by atoms with Gasteiger partial charge in [-0.1, -0.05) is 6.07 Å². The summed E-state index contributed by atoms with van der Waals surface area (Å²) in [4.78, 5) is 0. The van der Waals surface area contributed by atoms with E-state index in [9.17, 15) is 8.42 Å². The smallest absolute Gasteiger partial charge is 1.00 e. The predicted octanol–water partition coefficient (Wildman–Crippen LogP) is -2.42. The maximum absolute atomic E-state index is 10.6. The monoisotopic (exact) mass is 285 g/mol. The summed E-state index contributed by atoms with van der Waals surface area (Å²) >= 11 is 0. The number of nitrogens with two attached hydrogens (primary N) is 1. The summed E-state index contributed by atoms with van der Waals surface area (Å²) in [6, 6.07) is 5.30. The zero-order valence-electron chi connectivity index (χ0n) is 11.7. The van der Waals surface area contributed by atoms with Crippen molar-refractivity contribution in [2.45, 2.75) is 6.42 Å². The SMILES string of the molecule is COc1ccc(CCOS(N)(=O)=O)cc1OC.[H-].[Na+].